The summed E-state index contributed by atoms with van der Waals surface area (Å²) in [5, 5.41) is 14.4. The highest BCUT2D eigenvalue weighted by Gasteiger charge is 2.30. The largest absolute Gasteiger partial charge is 0.478 e. The van der Waals surface area contributed by atoms with E-state index in [1.165, 1.54) is 4.91 Å². The number of carbonyl (C=O) groups is 2. The van der Waals surface area contributed by atoms with Gasteiger partial charge in [0.2, 0.25) is 5.91 Å². The fraction of sp³-hybridized carbons (Fsp3) is 0.333. The van der Waals surface area contributed by atoms with Crippen LogP contribution in [0.5, 0.6) is 0 Å². The van der Waals surface area contributed by atoms with Gasteiger partial charge in [-0.1, -0.05) is 26.0 Å². The topological polar surface area (TPSA) is 66.4 Å². The summed E-state index contributed by atoms with van der Waals surface area (Å²) in [5.41, 5.74) is 0.564. The molecule has 1 amide bonds. The first-order chi connectivity index (χ1) is 11.0. The Morgan fingerprint density at radius 1 is 1.30 bits per heavy atom. The number of carbonyl (C=O) groups excluding carboxylic acids is 1. The Bertz CT molecular complexity index is 717. The Labute approximate surface area is 138 Å². The van der Waals surface area contributed by atoms with E-state index in [9.17, 15) is 14.7 Å². The van der Waals surface area contributed by atoms with Crippen molar-refractivity contribution < 1.29 is 14.7 Å². The van der Waals surface area contributed by atoms with E-state index in [0.29, 0.717) is 11.6 Å². The van der Waals surface area contributed by atoms with E-state index in [1.807, 2.05) is 12.1 Å². The lowest BCUT2D eigenvalue weighted by Gasteiger charge is -2.22. The zero-order valence-electron chi connectivity index (χ0n) is 13.2. The smallest absolute Gasteiger partial charge is 0.337 e. The van der Waals surface area contributed by atoms with Gasteiger partial charge in [0.1, 0.15) is 0 Å². The van der Waals surface area contributed by atoms with Gasteiger partial charge in [-0.15, -0.1) is 0 Å². The summed E-state index contributed by atoms with van der Waals surface area (Å²) in [4.78, 5) is 25.9. The molecule has 1 fully saturated rings. The summed E-state index contributed by atoms with van der Waals surface area (Å²) in [7, 11) is -0.612. The van der Waals surface area contributed by atoms with Crippen molar-refractivity contribution in [1.82, 2.24) is 0 Å². The molecule has 1 saturated carbocycles. The van der Waals surface area contributed by atoms with E-state index >= 15 is 0 Å². The summed E-state index contributed by atoms with van der Waals surface area (Å²) in [6.07, 6.45) is 5.96. The molecule has 1 heterocycles. The molecule has 0 radical (unpaired) electrons. The number of carboxylic acids is 1. The van der Waals surface area contributed by atoms with E-state index < -0.39 is 16.9 Å². The third kappa shape index (κ3) is 3.34. The fourth-order valence-corrected chi connectivity index (χ4v) is 4.86. The van der Waals surface area contributed by atoms with Gasteiger partial charge in [0.05, 0.1) is 11.3 Å². The van der Waals surface area contributed by atoms with E-state index in [4.69, 9.17) is 0 Å². The third-order valence-electron chi connectivity index (χ3n) is 4.09. The first-order valence-electron chi connectivity index (χ1n) is 7.83. The standard InChI is InChI=1S/C18H21NO3S/c1-11(2)16-4-3-9-23(16)13-7-8-15(14(10-13)18(21)22)19-17(20)12-5-6-12/h3-4,7-12,23H,5-6H2,1-2H3,(H,19,20)(H,21,22). The third-order valence-corrected chi connectivity index (χ3v) is 6.62. The second-order valence-corrected chi connectivity index (χ2v) is 8.33. The molecular weight excluding hydrogens is 310 g/mol. The average molecular weight is 331 g/mol. The van der Waals surface area contributed by atoms with Gasteiger partial charge in [0, 0.05) is 5.92 Å². The molecule has 0 aromatic heterocycles. The van der Waals surface area contributed by atoms with Crippen molar-refractivity contribution >= 4 is 28.5 Å². The summed E-state index contributed by atoms with van der Waals surface area (Å²) < 4.78 is 0. The molecule has 0 bridgehead atoms. The number of allylic oxidation sites excluding steroid dienone is 3. The number of anilines is 1. The lowest BCUT2D eigenvalue weighted by Crippen LogP contribution is -2.16. The van der Waals surface area contributed by atoms with E-state index in [2.05, 4.69) is 30.6 Å². The summed E-state index contributed by atoms with van der Waals surface area (Å²) >= 11 is 0. The lowest BCUT2D eigenvalue weighted by atomic mass is 10.1. The molecule has 4 nitrogen and oxygen atoms in total. The molecule has 5 heteroatoms. The number of thiol groups is 1. The Hall–Kier alpha value is -2.01. The Balaban J connectivity index is 1.90. The molecule has 1 unspecified atom stereocenters. The van der Waals surface area contributed by atoms with Crippen molar-refractivity contribution in [2.45, 2.75) is 31.6 Å². The molecular formula is C18H21NO3S. The van der Waals surface area contributed by atoms with Crippen LogP contribution in [0.1, 0.15) is 37.0 Å². The van der Waals surface area contributed by atoms with Gasteiger partial charge in [-0.05, 0) is 52.2 Å². The van der Waals surface area contributed by atoms with Gasteiger partial charge in [-0.2, -0.15) is 10.9 Å². The fourth-order valence-electron chi connectivity index (χ4n) is 2.65. The summed E-state index contributed by atoms with van der Waals surface area (Å²) in [6, 6.07) is 5.38. The van der Waals surface area contributed by atoms with Crippen LogP contribution < -0.4 is 5.32 Å². The maximum absolute atomic E-state index is 11.9. The van der Waals surface area contributed by atoms with Crippen LogP contribution in [0.15, 0.2) is 45.6 Å². The van der Waals surface area contributed by atoms with Crippen LogP contribution in [0, 0.1) is 11.8 Å². The van der Waals surface area contributed by atoms with Crippen LogP contribution in [-0.4, -0.2) is 17.0 Å². The Morgan fingerprint density at radius 2 is 2.04 bits per heavy atom. The predicted octanol–water partition coefficient (Wildman–Crippen LogP) is 4.16. The number of hydrogen-bond donors (Lipinski definition) is 3. The zero-order chi connectivity index (χ0) is 16.6. The highest BCUT2D eigenvalue weighted by molar-refractivity contribution is 8.23. The minimum Gasteiger partial charge on any atom is -0.478 e. The predicted molar refractivity (Wildman–Crippen MR) is 94.1 cm³/mol. The maximum Gasteiger partial charge on any atom is 0.337 e. The molecule has 1 aliphatic carbocycles. The SMILES string of the molecule is CC(C)C1=CC=C[SH]1c1ccc(NC(=O)C2CC2)c(C(=O)O)c1. The van der Waals surface area contributed by atoms with E-state index in [1.54, 1.807) is 12.1 Å². The number of aromatic carboxylic acids is 1. The van der Waals surface area contributed by atoms with Crippen molar-refractivity contribution in [3.8, 4) is 0 Å². The van der Waals surface area contributed by atoms with Gasteiger partial charge in [0.25, 0.3) is 0 Å². The molecule has 1 atom stereocenters. The van der Waals surface area contributed by atoms with Crippen LogP contribution >= 0.6 is 10.9 Å². The first kappa shape index (κ1) is 15.9. The summed E-state index contributed by atoms with van der Waals surface area (Å²) in [6.45, 7) is 4.30. The number of rotatable bonds is 5. The molecule has 0 spiro atoms. The molecule has 23 heavy (non-hydrogen) atoms. The molecule has 3 rings (SSSR count). The van der Waals surface area contributed by atoms with Gasteiger partial charge in [0.15, 0.2) is 0 Å². The quantitative estimate of drug-likeness (QED) is 0.710. The molecule has 0 saturated heterocycles. The van der Waals surface area contributed by atoms with Gasteiger partial charge >= 0.3 is 5.97 Å². The molecule has 122 valence electrons. The highest BCUT2D eigenvalue weighted by Crippen LogP contribution is 2.51. The van der Waals surface area contributed by atoms with E-state index in [0.717, 1.165) is 17.7 Å². The number of amides is 1. The van der Waals surface area contributed by atoms with Crippen molar-refractivity contribution in [1.29, 1.82) is 0 Å². The van der Waals surface area contributed by atoms with Gasteiger partial charge < -0.3 is 10.4 Å². The van der Waals surface area contributed by atoms with Crippen molar-refractivity contribution in [3.05, 3.63) is 46.2 Å². The van der Waals surface area contributed by atoms with Gasteiger partial charge in [-0.25, -0.2) is 4.79 Å². The van der Waals surface area contributed by atoms with Crippen LogP contribution in [0.4, 0.5) is 5.69 Å². The average Bonchev–Trinajstić information content (AvgIpc) is 3.24. The minimum atomic E-state index is -1.01. The first-order valence-corrected chi connectivity index (χ1v) is 9.24. The maximum atomic E-state index is 11.9. The molecule has 1 aliphatic heterocycles. The number of benzene rings is 1. The van der Waals surface area contributed by atoms with Crippen molar-refractivity contribution in [3.63, 3.8) is 0 Å². The van der Waals surface area contributed by atoms with Crippen LogP contribution in [0.25, 0.3) is 0 Å². The number of hydrogen-bond acceptors (Lipinski definition) is 2. The zero-order valence-corrected chi connectivity index (χ0v) is 14.1. The molecule has 1 aromatic rings. The molecule has 2 N–H and O–H groups in total. The normalized spacial score (nSPS) is 21.3. The number of carboxylic acid groups (broad SMARTS) is 1. The van der Waals surface area contributed by atoms with Gasteiger partial charge in [-0.3, -0.25) is 4.79 Å². The van der Waals surface area contributed by atoms with Crippen LogP contribution in [0.2, 0.25) is 0 Å². The minimum absolute atomic E-state index is 0.0499. The van der Waals surface area contributed by atoms with Crippen LogP contribution in [0.3, 0.4) is 0 Å². The van der Waals surface area contributed by atoms with Crippen molar-refractivity contribution in [2.24, 2.45) is 11.8 Å². The Kier molecular flexibility index (Phi) is 4.31. The second kappa shape index (κ2) is 6.24. The Morgan fingerprint density at radius 3 is 2.65 bits per heavy atom. The highest BCUT2D eigenvalue weighted by atomic mass is 32.2. The van der Waals surface area contributed by atoms with Crippen molar-refractivity contribution in [2.75, 3.05) is 5.32 Å². The van der Waals surface area contributed by atoms with Crippen LogP contribution in [-0.2, 0) is 4.79 Å². The lowest BCUT2D eigenvalue weighted by molar-refractivity contribution is -0.117. The molecule has 2 aliphatic rings. The van der Waals surface area contributed by atoms with E-state index in [-0.39, 0.29) is 17.4 Å². The monoisotopic (exact) mass is 331 g/mol. The summed E-state index contributed by atoms with van der Waals surface area (Å²) in [5.74, 6) is -0.603. The second-order valence-electron chi connectivity index (χ2n) is 6.26. The molecule has 1 aromatic carbocycles. The number of nitrogens with one attached hydrogen (secondary N) is 1.